The molecule has 0 aliphatic carbocycles. The summed E-state index contributed by atoms with van der Waals surface area (Å²) in [6.45, 7) is 0.396. The summed E-state index contributed by atoms with van der Waals surface area (Å²) in [5.41, 5.74) is 3.78. The Kier molecular flexibility index (Phi) is 3.55. The number of aromatic nitrogens is 3. The van der Waals surface area contributed by atoms with E-state index < -0.39 is 0 Å². The Bertz CT molecular complexity index is 1140. The number of hydrogen-bond donors (Lipinski definition) is 1. The maximum Gasteiger partial charge on any atom is 0.203 e. The van der Waals surface area contributed by atoms with E-state index in [0.29, 0.717) is 18.1 Å². The predicted octanol–water partition coefficient (Wildman–Crippen LogP) is 3.74. The van der Waals surface area contributed by atoms with Crippen molar-refractivity contribution in [2.24, 2.45) is 7.05 Å². The predicted molar refractivity (Wildman–Crippen MR) is 94.5 cm³/mol. The minimum atomic E-state index is -0.291. The lowest BCUT2D eigenvalue weighted by atomic mass is 10.1. The van der Waals surface area contributed by atoms with Crippen LogP contribution in [0.5, 0.6) is 0 Å². The molecule has 0 aliphatic rings. The molecular weight excluding hydrogens is 317 g/mol. The Morgan fingerprint density at radius 1 is 1.24 bits per heavy atom. The standard InChI is InChI=1S/C19H14FN5/c1-25-17-7-12(10-21)4-5-16(17)24-19(25)23-11-14-9-15(20)8-13-3-2-6-22-18(13)14/h2-9H,11H2,1H3,(H,23,24). The number of nitrogens with zero attached hydrogens (tertiary/aromatic N) is 4. The van der Waals surface area contributed by atoms with Crippen LogP contribution in [0.15, 0.2) is 48.7 Å². The van der Waals surface area contributed by atoms with Gasteiger partial charge in [0, 0.05) is 30.7 Å². The van der Waals surface area contributed by atoms with Crippen molar-refractivity contribution in [2.45, 2.75) is 6.54 Å². The highest BCUT2D eigenvalue weighted by atomic mass is 19.1. The Morgan fingerprint density at radius 3 is 2.96 bits per heavy atom. The largest absolute Gasteiger partial charge is 0.351 e. The molecule has 0 fully saturated rings. The first-order valence-electron chi connectivity index (χ1n) is 7.79. The minimum absolute atomic E-state index is 0.291. The summed E-state index contributed by atoms with van der Waals surface area (Å²) in [6, 6.07) is 14.1. The van der Waals surface area contributed by atoms with E-state index in [2.05, 4.69) is 21.4 Å². The zero-order chi connectivity index (χ0) is 17.4. The minimum Gasteiger partial charge on any atom is -0.351 e. The van der Waals surface area contributed by atoms with Crippen molar-refractivity contribution in [3.8, 4) is 6.07 Å². The number of imidazole rings is 1. The van der Waals surface area contributed by atoms with Crippen LogP contribution in [0.4, 0.5) is 10.3 Å². The molecule has 0 aliphatic heterocycles. The fourth-order valence-corrected chi connectivity index (χ4v) is 2.95. The Hall–Kier alpha value is -3.46. The van der Waals surface area contributed by atoms with E-state index in [0.717, 1.165) is 27.5 Å². The SMILES string of the molecule is Cn1c(NCc2cc(F)cc3cccnc23)nc2ccc(C#N)cc21. The van der Waals surface area contributed by atoms with Gasteiger partial charge in [0.15, 0.2) is 0 Å². The second kappa shape index (κ2) is 5.87. The second-order valence-electron chi connectivity index (χ2n) is 5.80. The molecule has 0 radical (unpaired) electrons. The van der Waals surface area contributed by atoms with Gasteiger partial charge in [0.05, 0.1) is 28.2 Å². The number of benzene rings is 2. The van der Waals surface area contributed by atoms with Gasteiger partial charge in [0.2, 0.25) is 5.95 Å². The molecule has 0 bridgehead atoms. The van der Waals surface area contributed by atoms with Crippen molar-refractivity contribution in [1.29, 1.82) is 5.26 Å². The summed E-state index contributed by atoms with van der Waals surface area (Å²) in [4.78, 5) is 8.89. The lowest BCUT2D eigenvalue weighted by Gasteiger charge is -2.09. The lowest BCUT2D eigenvalue weighted by molar-refractivity contribution is 0.628. The number of aryl methyl sites for hydroxylation is 1. The average Bonchev–Trinajstić information content (AvgIpc) is 2.95. The van der Waals surface area contributed by atoms with Gasteiger partial charge in [-0.1, -0.05) is 6.07 Å². The van der Waals surface area contributed by atoms with Gasteiger partial charge < -0.3 is 9.88 Å². The van der Waals surface area contributed by atoms with Crippen LogP contribution in [0, 0.1) is 17.1 Å². The average molecular weight is 331 g/mol. The molecule has 25 heavy (non-hydrogen) atoms. The fraction of sp³-hybridized carbons (Fsp3) is 0.105. The van der Waals surface area contributed by atoms with Gasteiger partial charge in [-0.25, -0.2) is 9.37 Å². The Morgan fingerprint density at radius 2 is 2.12 bits per heavy atom. The van der Waals surface area contributed by atoms with Crippen LogP contribution in [0.25, 0.3) is 21.9 Å². The highest BCUT2D eigenvalue weighted by molar-refractivity contribution is 5.82. The monoisotopic (exact) mass is 331 g/mol. The number of halogens is 1. The molecule has 0 amide bonds. The van der Waals surface area contributed by atoms with Crippen LogP contribution < -0.4 is 5.32 Å². The lowest BCUT2D eigenvalue weighted by Crippen LogP contribution is -2.06. The normalized spacial score (nSPS) is 10.9. The van der Waals surface area contributed by atoms with Crippen molar-refractivity contribution in [2.75, 3.05) is 5.32 Å². The van der Waals surface area contributed by atoms with Gasteiger partial charge in [-0.05, 0) is 36.4 Å². The van der Waals surface area contributed by atoms with E-state index >= 15 is 0 Å². The van der Waals surface area contributed by atoms with Gasteiger partial charge in [-0.3, -0.25) is 4.98 Å². The highest BCUT2D eigenvalue weighted by Gasteiger charge is 2.10. The quantitative estimate of drug-likeness (QED) is 0.621. The molecule has 1 N–H and O–H groups in total. The molecule has 0 atom stereocenters. The van der Waals surface area contributed by atoms with Crippen LogP contribution in [-0.2, 0) is 13.6 Å². The number of nitrogens with one attached hydrogen (secondary N) is 1. The third-order valence-corrected chi connectivity index (χ3v) is 4.20. The first kappa shape index (κ1) is 15.1. The van der Waals surface area contributed by atoms with Crippen molar-refractivity contribution >= 4 is 27.9 Å². The summed E-state index contributed by atoms with van der Waals surface area (Å²) in [7, 11) is 1.88. The fourth-order valence-electron chi connectivity index (χ4n) is 2.95. The van der Waals surface area contributed by atoms with E-state index in [1.165, 1.54) is 12.1 Å². The third kappa shape index (κ3) is 2.66. The van der Waals surface area contributed by atoms with Crippen LogP contribution in [-0.4, -0.2) is 14.5 Å². The highest BCUT2D eigenvalue weighted by Crippen LogP contribution is 2.22. The van der Waals surface area contributed by atoms with Gasteiger partial charge in [0.25, 0.3) is 0 Å². The summed E-state index contributed by atoms with van der Waals surface area (Å²) in [6.07, 6.45) is 1.70. The number of hydrogen-bond acceptors (Lipinski definition) is 4. The topological polar surface area (TPSA) is 66.5 Å². The van der Waals surface area contributed by atoms with E-state index in [-0.39, 0.29) is 5.82 Å². The number of rotatable bonds is 3. The van der Waals surface area contributed by atoms with Gasteiger partial charge >= 0.3 is 0 Å². The first-order valence-corrected chi connectivity index (χ1v) is 7.79. The summed E-state index contributed by atoms with van der Waals surface area (Å²) in [5, 5.41) is 13.0. The smallest absolute Gasteiger partial charge is 0.203 e. The molecule has 2 aromatic carbocycles. The van der Waals surface area contributed by atoms with Crippen molar-refractivity contribution in [3.63, 3.8) is 0 Å². The molecule has 122 valence electrons. The summed E-state index contributed by atoms with van der Waals surface area (Å²) < 4.78 is 15.7. The maximum atomic E-state index is 13.8. The molecule has 6 heteroatoms. The molecule has 2 aromatic heterocycles. The molecule has 0 saturated heterocycles. The van der Waals surface area contributed by atoms with Crippen molar-refractivity contribution < 1.29 is 4.39 Å². The van der Waals surface area contributed by atoms with E-state index in [1.807, 2.05) is 23.7 Å². The van der Waals surface area contributed by atoms with Crippen LogP contribution in [0.1, 0.15) is 11.1 Å². The van der Waals surface area contributed by atoms with Crippen molar-refractivity contribution in [1.82, 2.24) is 14.5 Å². The van der Waals surface area contributed by atoms with Crippen LogP contribution in [0.3, 0.4) is 0 Å². The molecule has 2 heterocycles. The Balaban J connectivity index is 1.69. The van der Waals surface area contributed by atoms with E-state index in [4.69, 9.17) is 5.26 Å². The zero-order valence-electron chi connectivity index (χ0n) is 13.5. The number of pyridine rings is 1. The zero-order valence-corrected chi connectivity index (χ0v) is 13.5. The second-order valence-corrected chi connectivity index (χ2v) is 5.80. The van der Waals surface area contributed by atoms with Gasteiger partial charge in [-0.2, -0.15) is 5.26 Å². The van der Waals surface area contributed by atoms with E-state index in [9.17, 15) is 4.39 Å². The Labute approximate surface area is 143 Å². The molecule has 5 nitrogen and oxygen atoms in total. The number of nitriles is 1. The molecule has 0 unspecified atom stereocenters. The summed E-state index contributed by atoms with van der Waals surface area (Å²) >= 11 is 0. The van der Waals surface area contributed by atoms with Crippen LogP contribution >= 0.6 is 0 Å². The molecular formula is C19H14FN5. The molecule has 4 aromatic rings. The van der Waals surface area contributed by atoms with Gasteiger partial charge in [-0.15, -0.1) is 0 Å². The first-order chi connectivity index (χ1) is 12.2. The number of anilines is 1. The number of fused-ring (bicyclic) bond motifs is 2. The van der Waals surface area contributed by atoms with Crippen LogP contribution in [0.2, 0.25) is 0 Å². The molecule has 0 saturated carbocycles. The van der Waals surface area contributed by atoms with E-state index in [1.54, 1.807) is 24.4 Å². The molecule has 4 rings (SSSR count). The van der Waals surface area contributed by atoms with Gasteiger partial charge in [0.1, 0.15) is 5.82 Å². The maximum absolute atomic E-state index is 13.8. The third-order valence-electron chi connectivity index (χ3n) is 4.20. The van der Waals surface area contributed by atoms with Crippen molar-refractivity contribution in [3.05, 3.63) is 65.6 Å². The summed E-state index contributed by atoms with van der Waals surface area (Å²) in [5.74, 6) is 0.361. The molecule has 0 spiro atoms.